The van der Waals surface area contributed by atoms with Crippen molar-refractivity contribution in [3.8, 4) is 5.75 Å². The molecule has 0 aromatic heterocycles. The van der Waals surface area contributed by atoms with Gasteiger partial charge in [0.15, 0.2) is 0 Å². The fraction of sp³-hybridized carbons (Fsp3) is 0.294. The zero-order valence-corrected chi connectivity index (χ0v) is 13.1. The van der Waals surface area contributed by atoms with E-state index in [0.29, 0.717) is 6.10 Å². The standard InChI is InChI=1S/C17H18BrNO/c1-11-2-3-13(10-16(11)18)17(19)12-4-6-14(7-5-12)20-15-8-9-15/h2-7,10,15,17H,8-9,19H2,1H3. The molecule has 1 atom stereocenters. The molecule has 3 rings (SSSR count). The molecule has 0 spiro atoms. The highest BCUT2D eigenvalue weighted by Crippen LogP contribution is 2.29. The highest BCUT2D eigenvalue weighted by molar-refractivity contribution is 9.10. The predicted molar refractivity (Wildman–Crippen MR) is 85.0 cm³/mol. The number of hydrogen-bond acceptors (Lipinski definition) is 2. The van der Waals surface area contributed by atoms with E-state index in [0.717, 1.165) is 21.3 Å². The van der Waals surface area contributed by atoms with Gasteiger partial charge in [-0.15, -0.1) is 0 Å². The van der Waals surface area contributed by atoms with E-state index in [-0.39, 0.29) is 6.04 Å². The van der Waals surface area contributed by atoms with Crippen molar-refractivity contribution in [2.24, 2.45) is 5.73 Å². The minimum Gasteiger partial charge on any atom is -0.490 e. The van der Waals surface area contributed by atoms with Crippen LogP contribution < -0.4 is 10.5 Å². The van der Waals surface area contributed by atoms with Gasteiger partial charge in [0, 0.05) is 4.47 Å². The molecule has 1 aliphatic carbocycles. The first-order valence-electron chi connectivity index (χ1n) is 6.92. The molecule has 0 aliphatic heterocycles. The number of aryl methyl sites for hydroxylation is 1. The molecular formula is C17H18BrNO. The Bertz CT molecular complexity index is 605. The highest BCUT2D eigenvalue weighted by atomic mass is 79.9. The van der Waals surface area contributed by atoms with Crippen LogP contribution in [-0.4, -0.2) is 6.10 Å². The Balaban J connectivity index is 1.78. The van der Waals surface area contributed by atoms with E-state index in [4.69, 9.17) is 10.5 Å². The van der Waals surface area contributed by atoms with Crippen molar-refractivity contribution in [2.45, 2.75) is 31.9 Å². The topological polar surface area (TPSA) is 35.2 Å². The molecule has 2 aromatic rings. The summed E-state index contributed by atoms with van der Waals surface area (Å²) in [4.78, 5) is 0. The molecule has 1 fully saturated rings. The fourth-order valence-electron chi connectivity index (χ4n) is 2.13. The van der Waals surface area contributed by atoms with Crippen LogP contribution in [0.4, 0.5) is 0 Å². The minimum absolute atomic E-state index is 0.109. The molecule has 20 heavy (non-hydrogen) atoms. The van der Waals surface area contributed by atoms with Gasteiger partial charge in [0.2, 0.25) is 0 Å². The second-order valence-electron chi connectivity index (χ2n) is 5.37. The Labute approximate surface area is 128 Å². The molecule has 1 aliphatic rings. The lowest BCUT2D eigenvalue weighted by Crippen LogP contribution is -2.11. The number of halogens is 1. The van der Waals surface area contributed by atoms with Crippen LogP contribution in [0.3, 0.4) is 0 Å². The van der Waals surface area contributed by atoms with Crippen molar-refractivity contribution >= 4 is 15.9 Å². The predicted octanol–water partition coefficient (Wildman–Crippen LogP) is 4.35. The number of rotatable bonds is 4. The number of ether oxygens (including phenoxy) is 1. The van der Waals surface area contributed by atoms with Gasteiger partial charge in [-0.05, 0) is 54.7 Å². The lowest BCUT2D eigenvalue weighted by Gasteiger charge is -2.14. The molecular weight excluding hydrogens is 314 g/mol. The summed E-state index contributed by atoms with van der Waals surface area (Å²) in [6.45, 7) is 2.07. The van der Waals surface area contributed by atoms with Crippen LogP contribution in [0.5, 0.6) is 5.75 Å². The number of nitrogens with two attached hydrogens (primary N) is 1. The molecule has 104 valence electrons. The van der Waals surface area contributed by atoms with Gasteiger partial charge in [0.25, 0.3) is 0 Å². The molecule has 2 N–H and O–H groups in total. The van der Waals surface area contributed by atoms with Gasteiger partial charge in [-0.3, -0.25) is 0 Å². The van der Waals surface area contributed by atoms with E-state index >= 15 is 0 Å². The van der Waals surface area contributed by atoms with Crippen molar-refractivity contribution in [3.05, 3.63) is 63.6 Å². The van der Waals surface area contributed by atoms with Crippen molar-refractivity contribution in [1.29, 1.82) is 0 Å². The van der Waals surface area contributed by atoms with E-state index < -0.39 is 0 Å². The molecule has 0 amide bonds. The minimum atomic E-state index is -0.109. The van der Waals surface area contributed by atoms with Crippen LogP contribution in [0, 0.1) is 6.92 Å². The van der Waals surface area contributed by atoms with E-state index in [9.17, 15) is 0 Å². The van der Waals surface area contributed by atoms with Gasteiger partial charge in [-0.2, -0.15) is 0 Å². The van der Waals surface area contributed by atoms with Crippen LogP contribution in [0.1, 0.15) is 35.6 Å². The lowest BCUT2D eigenvalue weighted by molar-refractivity contribution is 0.303. The molecule has 1 unspecified atom stereocenters. The Kier molecular flexibility index (Phi) is 3.81. The van der Waals surface area contributed by atoms with E-state index in [1.165, 1.54) is 18.4 Å². The van der Waals surface area contributed by atoms with Crippen LogP contribution >= 0.6 is 15.9 Å². The van der Waals surface area contributed by atoms with Crippen molar-refractivity contribution in [1.82, 2.24) is 0 Å². The van der Waals surface area contributed by atoms with E-state index in [1.807, 2.05) is 12.1 Å². The third-order valence-corrected chi connectivity index (χ3v) is 4.48. The Morgan fingerprint density at radius 3 is 2.35 bits per heavy atom. The van der Waals surface area contributed by atoms with Crippen molar-refractivity contribution in [3.63, 3.8) is 0 Å². The number of benzene rings is 2. The van der Waals surface area contributed by atoms with Gasteiger partial charge in [0.05, 0.1) is 12.1 Å². The SMILES string of the molecule is Cc1ccc(C(N)c2ccc(OC3CC3)cc2)cc1Br. The lowest BCUT2D eigenvalue weighted by atomic mass is 9.99. The first kappa shape index (κ1) is 13.7. The molecule has 0 saturated heterocycles. The molecule has 3 heteroatoms. The second kappa shape index (κ2) is 5.58. The largest absolute Gasteiger partial charge is 0.490 e. The van der Waals surface area contributed by atoms with Crippen LogP contribution in [0.25, 0.3) is 0 Å². The Morgan fingerprint density at radius 2 is 1.75 bits per heavy atom. The summed E-state index contributed by atoms with van der Waals surface area (Å²) in [6.07, 6.45) is 2.79. The van der Waals surface area contributed by atoms with Gasteiger partial charge in [0.1, 0.15) is 5.75 Å². The van der Waals surface area contributed by atoms with E-state index in [1.54, 1.807) is 0 Å². The average Bonchev–Trinajstić information content (AvgIpc) is 3.26. The van der Waals surface area contributed by atoms with E-state index in [2.05, 4.69) is 53.2 Å². The molecule has 0 heterocycles. The van der Waals surface area contributed by atoms with Gasteiger partial charge >= 0.3 is 0 Å². The molecule has 0 radical (unpaired) electrons. The summed E-state index contributed by atoms with van der Waals surface area (Å²) >= 11 is 3.56. The quantitative estimate of drug-likeness (QED) is 0.904. The van der Waals surface area contributed by atoms with Gasteiger partial charge in [-0.25, -0.2) is 0 Å². The smallest absolute Gasteiger partial charge is 0.119 e. The molecule has 2 aromatic carbocycles. The van der Waals surface area contributed by atoms with Crippen molar-refractivity contribution < 1.29 is 4.74 Å². The summed E-state index contributed by atoms with van der Waals surface area (Å²) in [5.41, 5.74) is 9.76. The van der Waals surface area contributed by atoms with Crippen molar-refractivity contribution in [2.75, 3.05) is 0 Å². The third-order valence-electron chi connectivity index (χ3n) is 3.62. The third kappa shape index (κ3) is 3.05. The fourth-order valence-corrected chi connectivity index (χ4v) is 2.52. The summed E-state index contributed by atoms with van der Waals surface area (Å²) in [6, 6.07) is 14.3. The summed E-state index contributed by atoms with van der Waals surface area (Å²) < 4.78 is 6.85. The summed E-state index contributed by atoms with van der Waals surface area (Å²) in [5, 5.41) is 0. The monoisotopic (exact) mass is 331 g/mol. The number of hydrogen-bond donors (Lipinski definition) is 1. The second-order valence-corrected chi connectivity index (χ2v) is 6.23. The molecule has 2 nitrogen and oxygen atoms in total. The zero-order chi connectivity index (χ0) is 14.1. The van der Waals surface area contributed by atoms with Crippen LogP contribution in [-0.2, 0) is 0 Å². The maximum atomic E-state index is 6.34. The summed E-state index contributed by atoms with van der Waals surface area (Å²) in [7, 11) is 0. The zero-order valence-electron chi connectivity index (χ0n) is 11.5. The maximum Gasteiger partial charge on any atom is 0.119 e. The van der Waals surface area contributed by atoms with Gasteiger partial charge in [-0.1, -0.05) is 40.2 Å². The van der Waals surface area contributed by atoms with Gasteiger partial charge < -0.3 is 10.5 Å². The molecule has 1 saturated carbocycles. The summed E-state index contributed by atoms with van der Waals surface area (Å²) in [5.74, 6) is 0.938. The molecule has 0 bridgehead atoms. The first-order chi connectivity index (χ1) is 9.63. The van der Waals surface area contributed by atoms with Crippen LogP contribution in [0.2, 0.25) is 0 Å². The van der Waals surface area contributed by atoms with Crippen LogP contribution in [0.15, 0.2) is 46.9 Å². The maximum absolute atomic E-state index is 6.34. The Hall–Kier alpha value is -1.32. The highest BCUT2D eigenvalue weighted by Gasteiger charge is 2.23. The Morgan fingerprint density at radius 1 is 1.10 bits per heavy atom. The average molecular weight is 332 g/mol. The normalized spacial score (nSPS) is 15.9. The first-order valence-corrected chi connectivity index (χ1v) is 7.71.